The fraction of sp³-hybridized carbons (Fsp3) is 0.500. The smallest absolute Gasteiger partial charge is 0.112 e. The van der Waals surface area contributed by atoms with E-state index in [0.717, 1.165) is 0 Å². The highest BCUT2D eigenvalue weighted by Gasteiger charge is 1.84. The molecule has 76 valence electrons. The van der Waals surface area contributed by atoms with E-state index in [1.54, 1.807) is 0 Å². The molecule has 13 heavy (non-hydrogen) atoms. The Bertz CT molecular complexity index is 176. The summed E-state index contributed by atoms with van der Waals surface area (Å²) >= 11 is 0. The first kappa shape index (κ1) is 14.5. The maximum atomic E-state index is 5.13. The highest BCUT2D eigenvalue weighted by molar-refractivity contribution is 5.21. The molecule has 0 aliphatic rings. The fourth-order valence-electron chi connectivity index (χ4n) is 0.554. The van der Waals surface area contributed by atoms with E-state index in [0.29, 0.717) is 12.4 Å². The molecule has 0 saturated heterocycles. The molecule has 0 radical (unpaired) electrons. The summed E-state index contributed by atoms with van der Waals surface area (Å²) < 4.78 is 5.13. The summed E-state index contributed by atoms with van der Waals surface area (Å²) in [5, 5.41) is 0. The van der Waals surface area contributed by atoms with E-state index in [-0.39, 0.29) is 0 Å². The second kappa shape index (κ2) is 11.0. The summed E-state index contributed by atoms with van der Waals surface area (Å²) in [6.45, 7) is 14.4. The lowest BCUT2D eigenvalue weighted by atomic mass is 10.2. The molecule has 0 aliphatic carbocycles. The minimum absolute atomic E-state index is 0.679. The van der Waals surface area contributed by atoms with Gasteiger partial charge in [0.25, 0.3) is 0 Å². The molecule has 0 atom stereocenters. The number of rotatable bonds is 4. The van der Waals surface area contributed by atoms with Gasteiger partial charge >= 0.3 is 0 Å². The van der Waals surface area contributed by atoms with Crippen molar-refractivity contribution in [3.05, 3.63) is 36.1 Å². The first-order valence-corrected chi connectivity index (χ1v) is 4.83. The molecule has 0 bridgehead atoms. The Kier molecular flexibility index (Phi) is 12.3. The Hall–Kier alpha value is -0.980. The molecular weight excluding hydrogens is 160 g/mol. The van der Waals surface area contributed by atoms with E-state index in [2.05, 4.69) is 6.58 Å². The molecule has 1 heteroatoms. The van der Waals surface area contributed by atoms with E-state index < -0.39 is 0 Å². The van der Waals surface area contributed by atoms with Crippen LogP contribution in [0.3, 0.4) is 0 Å². The summed E-state index contributed by atoms with van der Waals surface area (Å²) in [5.74, 6) is 0.716. The Balaban J connectivity index is 0. The van der Waals surface area contributed by atoms with Crippen molar-refractivity contribution in [3.8, 4) is 0 Å². The molecule has 0 aromatic carbocycles. The number of hydrogen-bond donors (Lipinski definition) is 0. The van der Waals surface area contributed by atoms with Crippen LogP contribution in [0.4, 0.5) is 0 Å². The Morgan fingerprint density at radius 2 is 1.85 bits per heavy atom. The maximum absolute atomic E-state index is 5.13. The van der Waals surface area contributed by atoms with Gasteiger partial charge < -0.3 is 4.74 Å². The van der Waals surface area contributed by atoms with Crippen molar-refractivity contribution in [2.75, 3.05) is 6.61 Å². The van der Waals surface area contributed by atoms with Crippen molar-refractivity contribution in [2.45, 2.75) is 34.6 Å². The van der Waals surface area contributed by atoms with Gasteiger partial charge in [0.1, 0.15) is 5.76 Å². The van der Waals surface area contributed by atoms with Gasteiger partial charge in [-0.3, -0.25) is 0 Å². The zero-order valence-corrected chi connectivity index (χ0v) is 9.55. The third-order valence-electron chi connectivity index (χ3n) is 1.32. The third-order valence-corrected chi connectivity index (χ3v) is 1.32. The van der Waals surface area contributed by atoms with Gasteiger partial charge in [0.15, 0.2) is 0 Å². The molecule has 0 spiro atoms. The zero-order valence-electron chi connectivity index (χ0n) is 9.55. The van der Waals surface area contributed by atoms with Crippen molar-refractivity contribution in [3.63, 3.8) is 0 Å². The van der Waals surface area contributed by atoms with Crippen LogP contribution >= 0.6 is 0 Å². The summed E-state index contributed by atoms with van der Waals surface area (Å²) in [6.07, 6.45) is 5.90. The van der Waals surface area contributed by atoms with E-state index in [1.807, 2.05) is 52.8 Å². The van der Waals surface area contributed by atoms with Crippen LogP contribution in [0.25, 0.3) is 0 Å². The lowest BCUT2D eigenvalue weighted by Gasteiger charge is -1.99. The highest BCUT2D eigenvalue weighted by atomic mass is 16.5. The minimum Gasteiger partial charge on any atom is -0.495 e. The third kappa shape index (κ3) is 11.0. The molecule has 0 aromatic heterocycles. The van der Waals surface area contributed by atoms with Gasteiger partial charge in [0.2, 0.25) is 0 Å². The molecule has 0 N–H and O–H groups in total. The fourth-order valence-corrected chi connectivity index (χ4v) is 0.554. The lowest BCUT2D eigenvalue weighted by molar-refractivity contribution is 0.244. The summed E-state index contributed by atoms with van der Waals surface area (Å²) in [4.78, 5) is 0. The van der Waals surface area contributed by atoms with Crippen LogP contribution < -0.4 is 0 Å². The Morgan fingerprint density at radius 1 is 1.31 bits per heavy atom. The van der Waals surface area contributed by atoms with E-state index in [1.165, 1.54) is 5.57 Å². The topological polar surface area (TPSA) is 9.23 Å². The molecule has 0 rings (SSSR count). The zero-order chi connectivity index (χ0) is 10.7. The number of hydrogen-bond acceptors (Lipinski definition) is 1. The van der Waals surface area contributed by atoms with Crippen molar-refractivity contribution < 1.29 is 4.74 Å². The first-order valence-electron chi connectivity index (χ1n) is 4.83. The monoisotopic (exact) mass is 182 g/mol. The molecular formula is C12H22O. The van der Waals surface area contributed by atoms with Crippen LogP contribution in [0, 0.1) is 0 Å². The number of allylic oxidation sites excluding steroid dienone is 4. The molecule has 0 heterocycles. The molecule has 0 amide bonds. The second-order valence-electron chi connectivity index (χ2n) is 2.27. The van der Waals surface area contributed by atoms with Crippen molar-refractivity contribution in [1.29, 1.82) is 0 Å². The SMILES string of the molecule is C=C(/C=C\C(C)=C/C)OCC.CC. The molecule has 0 aliphatic heterocycles. The molecule has 0 aromatic rings. The van der Waals surface area contributed by atoms with E-state index >= 15 is 0 Å². The number of ether oxygens (including phenoxy) is 1. The van der Waals surface area contributed by atoms with Gasteiger partial charge in [-0.1, -0.05) is 38.2 Å². The summed E-state index contributed by atoms with van der Waals surface area (Å²) in [6, 6.07) is 0. The highest BCUT2D eigenvalue weighted by Crippen LogP contribution is 2.00. The van der Waals surface area contributed by atoms with Crippen molar-refractivity contribution in [2.24, 2.45) is 0 Å². The van der Waals surface area contributed by atoms with Crippen LogP contribution in [0.15, 0.2) is 36.1 Å². The Morgan fingerprint density at radius 3 is 2.23 bits per heavy atom. The van der Waals surface area contributed by atoms with Crippen LogP contribution in [-0.4, -0.2) is 6.61 Å². The van der Waals surface area contributed by atoms with Crippen LogP contribution in [0.1, 0.15) is 34.6 Å². The van der Waals surface area contributed by atoms with Crippen LogP contribution in [0.2, 0.25) is 0 Å². The Labute approximate surface area is 82.8 Å². The largest absolute Gasteiger partial charge is 0.495 e. The van der Waals surface area contributed by atoms with Gasteiger partial charge in [0, 0.05) is 0 Å². The summed E-state index contributed by atoms with van der Waals surface area (Å²) in [5.41, 5.74) is 1.21. The molecule has 0 unspecified atom stereocenters. The second-order valence-corrected chi connectivity index (χ2v) is 2.27. The standard InChI is InChI=1S/C10H16O.C2H6/c1-5-9(3)7-8-10(4)11-6-2;1-2/h5,7-8H,4,6H2,1-3H3;1-2H3/b8-7-,9-5-;. The molecule has 1 nitrogen and oxygen atoms in total. The van der Waals surface area contributed by atoms with Gasteiger partial charge in [-0.2, -0.15) is 0 Å². The van der Waals surface area contributed by atoms with Crippen LogP contribution in [-0.2, 0) is 4.74 Å². The normalized spacial score (nSPS) is 10.7. The average molecular weight is 182 g/mol. The van der Waals surface area contributed by atoms with Gasteiger partial charge in [-0.15, -0.1) is 0 Å². The average Bonchev–Trinajstić information content (AvgIpc) is 2.18. The lowest BCUT2D eigenvalue weighted by Crippen LogP contribution is -1.84. The first-order chi connectivity index (χ1) is 6.20. The van der Waals surface area contributed by atoms with Crippen molar-refractivity contribution in [1.82, 2.24) is 0 Å². The van der Waals surface area contributed by atoms with Gasteiger partial charge in [-0.25, -0.2) is 0 Å². The van der Waals surface area contributed by atoms with Crippen molar-refractivity contribution >= 4 is 0 Å². The predicted octanol–water partition coefficient (Wildman–Crippen LogP) is 4.09. The minimum atomic E-state index is 0.679. The van der Waals surface area contributed by atoms with E-state index in [4.69, 9.17) is 4.74 Å². The maximum Gasteiger partial charge on any atom is 0.112 e. The molecule has 0 fully saturated rings. The van der Waals surface area contributed by atoms with Gasteiger partial charge in [-0.05, 0) is 26.8 Å². The van der Waals surface area contributed by atoms with E-state index in [9.17, 15) is 0 Å². The van der Waals surface area contributed by atoms with Crippen LogP contribution in [0.5, 0.6) is 0 Å². The predicted molar refractivity (Wildman–Crippen MR) is 60.7 cm³/mol. The summed E-state index contributed by atoms with van der Waals surface area (Å²) in [7, 11) is 0. The van der Waals surface area contributed by atoms with Gasteiger partial charge in [0.05, 0.1) is 6.61 Å². The quantitative estimate of drug-likeness (QED) is 0.470. The molecule has 0 saturated carbocycles.